The van der Waals surface area contributed by atoms with Crippen LogP contribution in [0, 0.1) is 10.1 Å². The number of nitro benzene ring substituents is 1. The van der Waals surface area contributed by atoms with Gasteiger partial charge < -0.3 is 4.74 Å². The van der Waals surface area contributed by atoms with Gasteiger partial charge in [-0.15, -0.1) is 12.6 Å². The maximum Gasteiger partial charge on any atom is 0.304 e. The quantitative estimate of drug-likeness (QED) is 0.504. The highest BCUT2D eigenvalue weighted by molar-refractivity contribution is 7.80. The summed E-state index contributed by atoms with van der Waals surface area (Å²) >= 11 is 9.73. The number of thiol groups is 1. The van der Waals surface area contributed by atoms with Crippen LogP contribution in [-0.4, -0.2) is 11.5 Å². The molecular weight excluding hydrogens is 238 g/mol. The first-order valence-corrected chi connectivity index (χ1v) is 5.19. The smallest absolute Gasteiger partial charge is 0.304 e. The number of nitrogens with zero attached hydrogens (tertiary/aromatic N) is 1. The molecule has 0 unspecified atom stereocenters. The third-order valence-corrected chi connectivity index (χ3v) is 2.45. The van der Waals surface area contributed by atoms with Crippen molar-refractivity contribution in [3.63, 3.8) is 0 Å². The molecule has 0 aliphatic heterocycles. The summed E-state index contributed by atoms with van der Waals surface area (Å²) < 4.78 is 5.29. The molecule has 15 heavy (non-hydrogen) atoms. The molecule has 0 aromatic heterocycles. The molecule has 1 rings (SSSR count). The maximum atomic E-state index is 10.7. The Balaban J connectivity index is 3.11. The van der Waals surface area contributed by atoms with Gasteiger partial charge in [0.2, 0.25) is 0 Å². The lowest BCUT2D eigenvalue weighted by molar-refractivity contribution is -0.387. The van der Waals surface area contributed by atoms with Crippen LogP contribution < -0.4 is 4.74 Å². The predicted octanol–water partition coefficient (Wildman–Crippen LogP) is 3.33. The van der Waals surface area contributed by atoms with Crippen LogP contribution in [0.25, 0.3) is 0 Å². The van der Waals surface area contributed by atoms with Gasteiger partial charge in [0.1, 0.15) is 15.7 Å². The molecule has 0 atom stereocenters. The van der Waals surface area contributed by atoms with Crippen molar-refractivity contribution in [1.82, 2.24) is 0 Å². The molecule has 0 saturated heterocycles. The molecule has 0 bridgehead atoms. The van der Waals surface area contributed by atoms with Crippen molar-refractivity contribution < 1.29 is 9.66 Å². The molecule has 1 aromatic rings. The largest absolute Gasteiger partial charge is 0.492 e. The molecule has 0 spiro atoms. The Kier molecular flexibility index (Phi) is 4.23. The van der Waals surface area contributed by atoms with Crippen LogP contribution in [0.5, 0.6) is 5.75 Å². The van der Waals surface area contributed by atoms with Gasteiger partial charge >= 0.3 is 5.69 Å². The van der Waals surface area contributed by atoms with Gasteiger partial charge in [-0.3, -0.25) is 10.1 Å². The van der Waals surface area contributed by atoms with E-state index in [0.717, 1.165) is 6.42 Å². The summed E-state index contributed by atoms with van der Waals surface area (Å²) in [6, 6.07) is 3.01. The van der Waals surface area contributed by atoms with Crippen LogP contribution in [0.3, 0.4) is 0 Å². The maximum absolute atomic E-state index is 10.7. The minimum atomic E-state index is -0.566. The van der Waals surface area contributed by atoms with Crippen molar-refractivity contribution in [3.8, 4) is 5.75 Å². The summed E-state index contributed by atoms with van der Waals surface area (Å²) in [6.07, 6.45) is 0.823. The van der Waals surface area contributed by atoms with E-state index < -0.39 is 4.92 Å². The summed E-state index contributed by atoms with van der Waals surface area (Å²) in [6.45, 7) is 2.44. The minimum Gasteiger partial charge on any atom is -0.492 e. The molecule has 0 radical (unpaired) electrons. The fraction of sp³-hybridized carbons (Fsp3) is 0.333. The highest BCUT2D eigenvalue weighted by Gasteiger charge is 2.20. The first kappa shape index (κ1) is 12.1. The zero-order valence-corrected chi connectivity index (χ0v) is 9.72. The Morgan fingerprint density at radius 3 is 2.80 bits per heavy atom. The van der Waals surface area contributed by atoms with E-state index in [1.165, 1.54) is 6.07 Å². The Labute approximate surface area is 97.8 Å². The van der Waals surface area contributed by atoms with E-state index in [-0.39, 0.29) is 15.6 Å². The van der Waals surface area contributed by atoms with Gasteiger partial charge in [-0.2, -0.15) is 0 Å². The zero-order valence-electron chi connectivity index (χ0n) is 8.07. The molecule has 0 saturated carbocycles. The lowest BCUT2D eigenvalue weighted by Gasteiger charge is -2.07. The summed E-state index contributed by atoms with van der Waals surface area (Å²) in [5.41, 5.74) is -0.214. The number of halogens is 1. The number of benzene rings is 1. The summed E-state index contributed by atoms with van der Waals surface area (Å²) in [4.78, 5) is 10.3. The molecule has 0 aliphatic carbocycles. The first-order chi connectivity index (χ1) is 7.07. The van der Waals surface area contributed by atoms with E-state index in [1.54, 1.807) is 6.07 Å². The van der Waals surface area contributed by atoms with Crippen LogP contribution in [-0.2, 0) is 0 Å². The molecule has 0 aliphatic rings. The van der Waals surface area contributed by atoms with Crippen molar-refractivity contribution in [2.75, 3.05) is 6.61 Å². The topological polar surface area (TPSA) is 52.4 Å². The number of hydrogen-bond acceptors (Lipinski definition) is 4. The van der Waals surface area contributed by atoms with Gasteiger partial charge in [-0.1, -0.05) is 18.5 Å². The lowest BCUT2D eigenvalue weighted by Crippen LogP contribution is -1.98. The lowest BCUT2D eigenvalue weighted by atomic mass is 10.3. The fourth-order valence-electron chi connectivity index (χ4n) is 1.04. The second kappa shape index (κ2) is 5.23. The molecule has 1 aromatic carbocycles. The number of rotatable bonds is 4. The van der Waals surface area contributed by atoms with Crippen LogP contribution in [0.1, 0.15) is 13.3 Å². The highest BCUT2D eigenvalue weighted by Crippen LogP contribution is 2.37. The molecule has 6 heteroatoms. The van der Waals surface area contributed by atoms with Crippen molar-refractivity contribution in [2.24, 2.45) is 0 Å². The van der Waals surface area contributed by atoms with Gasteiger partial charge in [0.05, 0.1) is 11.5 Å². The standard InChI is InChI=1S/C9H10ClNO3S/c1-2-5-14-7-4-3-6(10)8(9(7)15)11(12)13/h3-4,15H,2,5H2,1H3. The zero-order chi connectivity index (χ0) is 11.4. The van der Waals surface area contributed by atoms with E-state index in [1.807, 2.05) is 6.92 Å². The second-order valence-electron chi connectivity index (χ2n) is 2.85. The van der Waals surface area contributed by atoms with Crippen molar-refractivity contribution in [2.45, 2.75) is 18.2 Å². The highest BCUT2D eigenvalue weighted by atomic mass is 35.5. The molecule has 0 amide bonds. The minimum absolute atomic E-state index is 0.0637. The SMILES string of the molecule is CCCOc1ccc(Cl)c([N+](=O)[O-])c1S. The van der Waals surface area contributed by atoms with E-state index in [0.29, 0.717) is 12.4 Å². The van der Waals surface area contributed by atoms with Gasteiger partial charge in [0.25, 0.3) is 0 Å². The summed E-state index contributed by atoms with van der Waals surface area (Å²) in [5.74, 6) is 0.385. The van der Waals surface area contributed by atoms with E-state index in [9.17, 15) is 10.1 Å². The third kappa shape index (κ3) is 2.76. The molecule has 82 valence electrons. The molecule has 4 nitrogen and oxygen atoms in total. The number of hydrogen-bond donors (Lipinski definition) is 1. The molecular formula is C9H10ClNO3S. The molecule has 0 heterocycles. The van der Waals surface area contributed by atoms with Crippen LogP contribution in [0.15, 0.2) is 17.0 Å². The van der Waals surface area contributed by atoms with Gasteiger partial charge in [-0.25, -0.2) is 0 Å². The predicted molar refractivity (Wildman–Crippen MR) is 61.1 cm³/mol. The number of nitro groups is 1. The van der Waals surface area contributed by atoms with Crippen molar-refractivity contribution >= 4 is 29.9 Å². The Hall–Kier alpha value is -0.940. The third-order valence-electron chi connectivity index (χ3n) is 1.71. The monoisotopic (exact) mass is 247 g/mol. The Bertz CT molecular complexity index is 384. The van der Waals surface area contributed by atoms with E-state index in [2.05, 4.69) is 12.6 Å². The Morgan fingerprint density at radius 2 is 2.27 bits per heavy atom. The normalized spacial score (nSPS) is 10.1. The van der Waals surface area contributed by atoms with Crippen LogP contribution >= 0.6 is 24.2 Å². The number of ether oxygens (including phenoxy) is 1. The van der Waals surface area contributed by atoms with Gasteiger partial charge in [-0.05, 0) is 18.6 Å². The first-order valence-electron chi connectivity index (χ1n) is 4.36. The second-order valence-corrected chi connectivity index (χ2v) is 3.70. The molecule has 0 N–H and O–H groups in total. The fourth-order valence-corrected chi connectivity index (χ4v) is 1.67. The van der Waals surface area contributed by atoms with E-state index >= 15 is 0 Å². The van der Waals surface area contributed by atoms with Crippen molar-refractivity contribution in [1.29, 1.82) is 0 Å². The van der Waals surface area contributed by atoms with Gasteiger partial charge in [0.15, 0.2) is 0 Å². The molecule has 0 fully saturated rings. The van der Waals surface area contributed by atoms with Crippen LogP contribution in [0.4, 0.5) is 5.69 Å². The average Bonchev–Trinajstić information content (AvgIpc) is 2.16. The Morgan fingerprint density at radius 1 is 1.60 bits per heavy atom. The average molecular weight is 248 g/mol. The van der Waals surface area contributed by atoms with Crippen molar-refractivity contribution in [3.05, 3.63) is 27.3 Å². The van der Waals surface area contributed by atoms with E-state index in [4.69, 9.17) is 16.3 Å². The van der Waals surface area contributed by atoms with Gasteiger partial charge in [0, 0.05) is 0 Å². The summed E-state index contributed by atoms with van der Waals surface area (Å²) in [5, 5.41) is 10.7. The summed E-state index contributed by atoms with van der Waals surface area (Å²) in [7, 11) is 0. The van der Waals surface area contributed by atoms with Crippen LogP contribution in [0.2, 0.25) is 5.02 Å².